The van der Waals surface area contributed by atoms with E-state index < -0.39 is 21.9 Å². The molecule has 37 heavy (non-hydrogen) atoms. The summed E-state index contributed by atoms with van der Waals surface area (Å²) in [4.78, 5) is 24.2. The van der Waals surface area contributed by atoms with Gasteiger partial charge in [0, 0.05) is 62.7 Å². The smallest absolute Gasteiger partial charge is 0.275 e. The standard InChI is InChI=1S/C23H25FN8O3S.ClH/c1-30-8-4-15(13-30)21-22-26-7-11-32(22)14-19(27-21)23(33)28-18-12-16(24)2-3-20(18)31-9-5-17(6-10-31)29-36(25,34)35;/h2-4,7-8,11-14,17,29H,5-6,9-10H2,1H3,(H,28,33)(H2,25,34,35);1H. The van der Waals surface area contributed by atoms with Gasteiger partial charge in [0.1, 0.15) is 17.2 Å². The van der Waals surface area contributed by atoms with E-state index in [0.717, 1.165) is 5.56 Å². The van der Waals surface area contributed by atoms with E-state index >= 15 is 0 Å². The van der Waals surface area contributed by atoms with Crippen LogP contribution in [0.4, 0.5) is 15.8 Å². The highest BCUT2D eigenvalue weighted by Crippen LogP contribution is 2.30. The number of amides is 1. The van der Waals surface area contributed by atoms with Crippen molar-refractivity contribution >= 4 is 45.5 Å². The van der Waals surface area contributed by atoms with Crippen LogP contribution in [0.25, 0.3) is 16.9 Å². The molecule has 11 nitrogen and oxygen atoms in total. The highest BCUT2D eigenvalue weighted by Gasteiger charge is 2.24. The number of nitrogens with one attached hydrogen (secondary N) is 2. The number of hydrogen-bond donors (Lipinski definition) is 3. The van der Waals surface area contributed by atoms with Crippen LogP contribution in [-0.2, 0) is 17.3 Å². The number of carbonyl (C=O) groups is 1. The number of fused-ring (bicyclic) bond motifs is 1. The molecule has 0 radical (unpaired) electrons. The molecule has 4 aromatic rings. The molecule has 1 aliphatic rings. The van der Waals surface area contributed by atoms with E-state index in [4.69, 9.17) is 5.14 Å². The van der Waals surface area contributed by atoms with Gasteiger partial charge in [0.25, 0.3) is 16.1 Å². The molecule has 1 aromatic carbocycles. The molecule has 0 saturated carbocycles. The normalized spacial score (nSPS) is 14.5. The van der Waals surface area contributed by atoms with Crippen molar-refractivity contribution < 1.29 is 17.6 Å². The van der Waals surface area contributed by atoms with E-state index in [1.54, 1.807) is 29.1 Å². The van der Waals surface area contributed by atoms with E-state index in [9.17, 15) is 17.6 Å². The lowest BCUT2D eigenvalue weighted by atomic mass is 10.0. The Labute approximate surface area is 219 Å². The van der Waals surface area contributed by atoms with Gasteiger partial charge in [-0.1, -0.05) is 0 Å². The van der Waals surface area contributed by atoms with Gasteiger partial charge in [0.05, 0.1) is 11.4 Å². The Morgan fingerprint density at radius 2 is 1.92 bits per heavy atom. The third-order valence-electron chi connectivity index (χ3n) is 6.09. The maximum Gasteiger partial charge on any atom is 0.275 e. The van der Waals surface area contributed by atoms with Crippen LogP contribution in [0.5, 0.6) is 0 Å². The number of hydrogen-bond acceptors (Lipinski definition) is 6. The molecule has 5 rings (SSSR count). The Morgan fingerprint density at radius 1 is 1.16 bits per heavy atom. The van der Waals surface area contributed by atoms with Gasteiger partial charge in [-0.15, -0.1) is 12.4 Å². The Balaban J connectivity index is 0.00000320. The number of aromatic nitrogens is 4. The van der Waals surface area contributed by atoms with Gasteiger partial charge in [-0.2, -0.15) is 13.1 Å². The zero-order valence-electron chi connectivity index (χ0n) is 19.8. The monoisotopic (exact) mass is 548 g/mol. The van der Waals surface area contributed by atoms with Crippen molar-refractivity contribution in [3.8, 4) is 11.3 Å². The van der Waals surface area contributed by atoms with Crippen LogP contribution in [0.15, 0.2) is 55.2 Å². The lowest BCUT2D eigenvalue weighted by Gasteiger charge is -2.34. The number of nitrogens with zero attached hydrogens (tertiary/aromatic N) is 5. The van der Waals surface area contributed by atoms with E-state index in [0.29, 0.717) is 48.6 Å². The van der Waals surface area contributed by atoms with Crippen LogP contribution in [0.2, 0.25) is 0 Å². The largest absolute Gasteiger partial charge is 0.370 e. The third-order valence-corrected chi connectivity index (χ3v) is 6.75. The van der Waals surface area contributed by atoms with E-state index in [2.05, 4.69) is 20.0 Å². The molecule has 14 heteroatoms. The number of halogens is 2. The van der Waals surface area contributed by atoms with Gasteiger partial charge in [0.2, 0.25) is 0 Å². The van der Waals surface area contributed by atoms with Crippen LogP contribution >= 0.6 is 12.4 Å². The average molecular weight is 549 g/mol. The van der Waals surface area contributed by atoms with Crippen molar-refractivity contribution in [1.29, 1.82) is 0 Å². The van der Waals surface area contributed by atoms with Gasteiger partial charge < -0.3 is 19.2 Å². The number of piperidine rings is 1. The minimum absolute atomic E-state index is 0. The maximum atomic E-state index is 14.2. The van der Waals surface area contributed by atoms with Crippen molar-refractivity contribution in [2.24, 2.45) is 12.2 Å². The number of rotatable bonds is 6. The van der Waals surface area contributed by atoms with Crippen LogP contribution in [0, 0.1) is 5.82 Å². The first-order chi connectivity index (χ1) is 17.2. The van der Waals surface area contributed by atoms with Crippen molar-refractivity contribution in [3.05, 3.63) is 66.8 Å². The number of aryl methyl sites for hydroxylation is 1. The zero-order valence-corrected chi connectivity index (χ0v) is 21.5. The number of benzene rings is 1. The minimum Gasteiger partial charge on any atom is -0.370 e. The first kappa shape index (κ1) is 26.5. The fraction of sp³-hybridized carbons (Fsp3) is 0.261. The van der Waals surface area contributed by atoms with Crippen LogP contribution in [0.1, 0.15) is 23.3 Å². The van der Waals surface area contributed by atoms with E-state index in [-0.39, 0.29) is 24.1 Å². The zero-order chi connectivity index (χ0) is 25.4. The molecule has 4 heterocycles. The fourth-order valence-corrected chi connectivity index (χ4v) is 5.12. The summed E-state index contributed by atoms with van der Waals surface area (Å²) >= 11 is 0. The van der Waals surface area contributed by atoms with Crippen molar-refractivity contribution in [2.75, 3.05) is 23.3 Å². The number of carbonyl (C=O) groups excluding carboxylic acids is 1. The predicted molar refractivity (Wildman–Crippen MR) is 140 cm³/mol. The molecule has 0 aliphatic carbocycles. The van der Waals surface area contributed by atoms with E-state index in [1.165, 1.54) is 12.1 Å². The Bertz CT molecular complexity index is 1550. The third kappa shape index (κ3) is 5.91. The molecule has 196 valence electrons. The highest BCUT2D eigenvalue weighted by atomic mass is 35.5. The Kier molecular flexibility index (Phi) is 7.50. The van der Waals surface area contributed by atoms with Crippen LogP contribution in [0.3, 0.4) is 0 Å². The minimum atomic E-state index is -3.79. The molecule has 0 spiro atoms. The summed E-state index contributed by atoms with van der Waals surface area (Å²) in [6.07, 6.45) is 9.73. The summed E-state index contributed by atoms with van der Waals surface area (Å²) in [6.45, 7) is 0.998. The quantitative estimate of drug-likeness (QED) is 0.338. The summed E-state index contributed by atoms with van der Waals surface area (Å²) in [5.41, 5.74) is 3.05. The molecule has 3 aromatic heterocycles. The van der Waals surface area contributed by atoms with Crippen molar-refractivity contribution in [1.82, 2.24) is 23.7 Å². The molecule has 1 fully saturated rings. The Morgan fingerprint density at radius 3 is 2.59 bits per heavy atom. The second-order valence-electron chi connectivity index (χ2n) is 8.74. The molecular weight excluding hydrogens is 523 g/mol. The fourth-order valence-electron chi connectivity index (χ4n) is 4.42. The number of imidazole rings is 1. The first-order valence-electron chi connectivity index (χ1n) is 11.3. The van der Waals surface area contributed by atoms with Gasteiger partial charge in [0.15, 0.2) is 5.65 Å². The van der Waals surface area contributed by atoms with E-state index in [1.807, 2.05) is 35.0 Å². The predicted octanol–water partition coefficient (Wildman–Crippen LogP) is 2.31. The molecular formula is C23H26ClFN8O3S. The second kappa shape index (κ2) is 10.5. The molecule has 0 unspecified atom stereocenters. The first-order valence-corrected chi connectivity index (χ1v) is 12.8. The van der Waals surface area contributed by atoms with Gasteiger partial charge in [-0.3, -0.25) is 4.79 Å². The summed E-state index contributed by atoms with van der Waals surface area (Å²) in [5, 5.41) is 7.89. The highest BCUT2D eigenvalue weighted by molar-refractivity contribution is 7.87. The number of anilines is 2. The van der Waals surface area contributed by atoms with Gasteiger partial charge in [-0.05, 0) is 37.1 Å². The molecule has 1 amide bonds. The molecule has 1 saturated heterocycles. The van der Waals surface area contributed by atoms with Crippen molar-refractivity contribution in [2.45, 2.75) is 18.9 Å². The molecule has 0 bridgehead atoms. The summed E-state index contributed by atoms with van der Waals surface area (Å²) in [7, 11) is -1.90. The average Bonchev–Trinajstić information content (AvgIpc) is 3.47. The number of nitrogens with two attached hydrogens (primary N) is 1. The summed E-state index contributed by atoms with van der Waals surface area (Å²) in [6, 6.07) is 5.79. The van der Waals surface area contributed by atoms with Gasteiger partial charge in [-0.25, -0.2) is 19.5 Å². The van der Waals surface area contributed by atoms with Crippen LogP contribution in [-0.4, -0.2) is 52.4 Å². The van der Waals surface area contributed by atoms with Crippen LogP contribution < -0.4 is 20.1 Å². The summed E-state index contributed by atoms with van der Waals surface area (Å²) < 4.78 is 42.9. The topological polar surface area (TPSA) is 140 Å². The SMILES string of the molecule is Cl.Cn1ccc(-c2nc(C(=O)Nc3cc(F)ccc3N3CCC(NS(N)(=O)=O)CC3)cn3ccnc23)c1. The van der Waals surface area contributed by atoms with Crippen molar-refractivity contribution in [3.63, 3.8) is 0 Å². The summed E-state index contributed by atoms with van der Waals surface area (Å²) in [5.74, 6) is -0.997. The molecule has 0 atom stereocenters. The lowest BCUT2D eigenvalue weighted by molar-refractivity contribution is 0.102. The second-order valence-corrected chi connectivity index (χ2v) is 10.1. The Hall–Kier alpha value is -3.52. The molecule has 1 aliphatic heterocycles. The lowest BCUT2D eigenvalue weighted by Crippen LogP contribution is -2.46. The van der Waals surface area contributed by atoms with Gasteiger partial charge >= 0.3 is 0 Å². The maximum absolute atomic E-state index is 14.2. The molecule has 4 N–H and O–H groups in total.